The number of ether oxygens (including phenoxy) is 2. The molecule has 1 aromatic carbocycles. The molecule has 0 spiro atoms. The van der Waals surface area contributed by atoms with Crippen LogP contribution < -0.4 is 0 Å². The fourth-order valence-electron chi connectivity index (χ4n) is 2.01. The Morgan fingerprint density at radius 1 is 1.09 bits per heavy atom. The first-order chi connectivity index (χ1) is 10.8. The molecular weight excluding hydrogens is 294 g/mol. The summed E-state index contributed by atoms with van der Waals surface area (Å²) < 4.78 is 10.5. The summed E-state index contributed by atoms with van der Waals surface area (Å²) in [4.78, 5) is 25.8. The lowest BCUT2D eigenvalue weighted by molar-refractivity contribution is -0.144. The number of hydrogen-bond donors (Lipinski definition) is 0. The average molecular weight is 321 g/mol. The summed E-state index contributed by atoms with van der Waals surface area (Å²) >= 11 is 0. The molecule has 23 heavy (non-hydrogen) atoms. The third-order valence-electron chi connectivity index (χ3n) is 3.27. The van der Waals surface area contributed by atoms with E-state index in [4.69, 9.17) is 9.47 Å². The van der Waals surface area contributed by atoms with Gasteiger partial charge in [-0.05, 0) is 52.3 Å². The maximum atomic E-state index is 12.6. The van der Waals surface area contributed by atoms with E-state index in [0.717, 1.165) is 5.56 Å². The molecule has 5 heteroatoms. The second-order valence-electron chi connectivity index (χ2n) is 5.89. The van der Waals surface area contributed by atoms with Crippen molar-refractivity contribution < 1.29 is 19.1 Å². The van der Waals surface area contributed by atoms with E-state index in [0.29, 0.717) is 18.8 Å². The highest BCUT2D eigenvalue weighted by atomic mass is 16.5. The standard InChI is InChI=1S/C18H27NO4/c1-6-22-17(20)11-19(13(2)3)18(21)16-9-7-15(8-10-16)12-23-14(4)5/h7-10,13-14H,6,11-12H2,1-5H3. The summed E-state index contributed by atoms with van der Waals surface area (Å²) in [5.41, 5.74) is 1.56. The Labute approximate surface area is 138 Å². The van der Waals surface area contributed by atoms with Gasteiger partial charge in [0, 0.05) is 11.6 Å². The molecule has 0 fully saturated rings. The van der Waals surface area contributed by atoms with Gasteiger partial charge in [-0.15, -0.1) is 0 Å². The summed E-state index contributed by atoms with van der Waals surface area (Å²) in [7, 11) is 0. The van der Waals surface area contributed by atoms with E-state index in [1.165, 1.54) is 4.90 Å². The van der Waals surface area contributed by atoms with Crippen LogP contribution in [0.15, 0.2) is 24.3 Å². The first-order valence-electron chi connectivity index (χ1n) is 8.02. The Bertz CT molecular complexity index is 508. The second kappa shape index (κ2) is 9.30. The van der Waals surface area contributed by atoms with Gasteiger partial charge in [-0.1, -0.05) is 12.1 Å². The number of nitrogens with zero attached hydrogens (tertiary/aromatic N) is 1. The van der Waals surface area contributed by atoms with E-state index in [-0.39, 0.29) is 24.6 Å². The van der Waals surface area contributed by atoms with Gasteiger partial charge in [0.2, 0.25) is 0 Å². The van der Waals surface area contributed by atoms with Crippen molar-refractivity contribution in [1.82, 2.24) is 4.90 Å². The van der Waals surface area contributed by atoms with Gasteiger partial charge in [0.25, 0.3) is 5.91 Å². The largest absolute Gasteiger partial charge is 0.465 e. The molecule has 0 N–H and O–H groups in total. The van der Waals surface area contributed by atoms with E-state index in [1.54, 1.807) is 19.1 Å². The van der Waals surface area contributed by atoms with Crippen LogP contribution in [0.5, 0.6) is 0 Å². The topological polar surface area (TPSA) is 55.8 Å². The maximum Gasteiger partial charge on any atom is 0.325 e. The molecule has 0 heterocycles. The normalized spacial score (nSPS) is 10.9. The van der Waals surface area contributed by atoms with Gasteiger partial charge in [0.15, 0.2) is 0 Å². The predicted octanol–water partition coefficient (Wildman–Crippen LogP) is 3.03. The minimum atomic E-state index is -0.392. The van der Waals surface area contributed by atoms with Crippen molar-refractivity contribution in [2.24, 2.45) is 0 Å². The summed E-state index contributed by atoms with van der Waals surface area (Å²) in [5.74, 6) is -0.569. The van der Waals surface area contributed by atoms with E-state index in [9.17, 15) is 9.59 Å². The monoisotopic (exact) mass is 321 g/mol. The van der Waals surface area contributed by atoms with Crippen LogP contribution in [0.25, 0.3) is 0 Å². The zero-order valence-electron chi connectivity index (χ0n) is 14.7. The molecule has 1 rings (SSSR count). The lowest BCUT2D eigenvalue weighted by Gasteiger charge is -2.25. The maximum absolute atomic E-state index is 12.6. The van der Waals surface area contributed by atoms with Gasteiger partial charge >= 0.3 is 5.97 Å². The van der Waals surface area contributed by atoms with Crippen LogP contribution in [0.2, 0.25) is 0 Å². The van der Waals surface area contributed by atoms with Gasteiger partial charge in [-0.25, -0.2) is 0 Å². The zero-order valence-corrected chi connectivity index (χ0v) is 14.7. The summed E-state index contributed by atoms with van der Waals surface area (Å²) in [6.45, 7) is 10.2. The Morgan fingerprint density at radius 2 is 1.70 bits per heavy atom. The number of carbonyl (C=O) groups is 2. The minimum absolute atomic E-state index is 0.0391. The molecule has 0 aliphatic heterocycles. The zero-order chi connectivity index (χ0) is 17.4. The van der Waals surface area contributed by atoms with Gasteiger partial charge in [-0.3, -0.25) is 9.59 Å². The van der Waals surface area contributed by atoms with Crippen molar-refractivity contribution in [2.75, 3.05) is 13.2 Å². The quantitative estimate of drug-likeness (QED) is 0.691. The molecule has 0 aliphatic rings. The van der Waals surface area contributed by atoms with Crippen LogP contribution in [0.4, 0.5) is 0 Å². The Morgan fingerprint density at radius 3 is 2.17 bits per heavy atom. The number of rotatable bonds is 8. The molecule has 0 saturated heterocycles. The van der Waals surface area contributed by atoms with Crippen LogP contribution in [0.3, 0.4) is 0 Å². The summed E-state index contributed by atoms with van der Waals surface area (Å²) in [6.07, 6.45) is 0.164. The minimum Gasteiger partial charge on any atom is -0.465 e. The predicted molar refractivity (Wildman–Crippen MR) is 89.2 cm³/mol. The molecule has 0 radical (unpaired) electrons. The smallest absolute Gasteiger partial charge is 0.325 e. The Balaban J connectivity index is 2.77. The Hall–Kier alpha value is -1.88. The van der Waals surface area contributed by atoms with Crippen LogP contribution in [-0.2, 0) is 20.9 Å². The van der Waals surface area contributed by atoms with E-state index < -0.39 is 5.97 Å². The average Bonchev–Trinajstić information content (AvgIpc) is 2.50. The highest BCUT2D eigenvalue weighted by Gasteiger charge is 2.22. The fraction of sp³-hybridized carbons (Fsp3) is 0.556. The molecule has 1 aromatic rings. The van der Waals surface area contributed by atoms with Gasteiger partial charge in [0.05, 0.1) is 19.3 Å². The molecule has 0 aromatic heterocycles. The van der Waals surface area contributed by atoms with Crippen LogP contribution in [0, 0.1) is 0 Å². The molecule has 5 nitrogen and oxygen atoms in total. The van der Waals surface area contributed by atoms with Crippen molar-refractivity contribution in [3.05, 3.63) is 35.4 Å². The van der Waals surface area contributed by atoms with Crippen molar-refractivity contribution in [3.63, 3.8) is 0 Å². The number of esters is 1. The van der Waals surface area contributed by atoms with Crippen LogP contribution in [-0.4, -0.2) is 42.1 Å². The number of hydrogen-bond acceptors (Lipinski definition) is 4. The lowest BCUT2D eigenvalue weighted by atomic mass is 10.1. The van der Waals surface area contributed by atoms with Gasteiger partial charge in [0.1, 0.15) is 6.54 Å². The van der Waals surface area contributed by atoms with Crippen LogP contribution >= 0.6 is 0 Å². The highest BCUT2D eigenvalue weighted by molar-refractivity contribution is 5.96. The molecule has 0 saturated carbocycles. The lowest BCUT2D eigenvalue weighted by Crippen LogP contribution is -2.41. The molecule has 0 unspecified atom stereocenters. The summed E-state index contributed by atoms with van der Waals surface area (Å²) in [6, 6.07) is 7.19. The molecule has 1 amide bonds. The number of carbonyl (C=O) groups excluding carboxylic acids is 2. The number of amides is 1. The summed E-state index contributed by atoms with van der Waals surface area (Å²) in [5, 5.41) is 0. The van der Waals surface area contributed by atoms with Crippen molar-refractivity contribution >= 4 is 11.9 Å². The van der Waals surface area contributed by atoms with E-state index >= 15 is 0 Å². The van der Waals surface area contributed by atoms with E-state index in [1.807, 2.05) is 39.8 Å². The molecule has 128 valence electrons. The first-order valence-corrected chi connectivity index (χ1v) is 8.02. The fourth-order valence-corrected chi connectivity index (χ4v) is 2.01. The molecule has 0 aliphatic carbocycles. The van der Waals surface area contributed by atoms with Gasteiger partial charge < -0.3 is 14.4 Å². The SMILES string of the molecule is CCOC(=O)CN(C(=O)c1ccc(COC(C)C)cc1)C(C)C. The third kappa shape index (κ3) is 6.40. The van der Waals surface area contributed by atoms with Crippen LogP contribution in [0.1, 0.15) is 50.5 Å². The van der Waals surface area contributed by atoms with Crippen molar-refractivity contribution in [3.8, 4) is 0 Å². The molecular formula is C18H27NO4. The number of benzene rings is 1. The van der Waals surface area contributed by atoms with Crippen molar-refractivity contribution in [1.29, 1.82) is 0 Å². The van der Waals surface area contributed by atoms with Crippen molar-refractivity contribution in [2.45, 2.75) is 53.4 Å². The first kappa shape index (κ1) is 19.2. The highest BCUT2D eigenvalue weighted by Crippen LogP contribution is 2.12. The second-order valence-corrected chi connectivity index (χ2v) is 5.89. The molecule has 0 bridgehead atoms. The molecule has 0 atom stereocenters. The Kier molecular flexibility index (Phi) is 7.75. The van der Waals surface area contributed by atoms with Gasteiger partial charge in [-0.2, -0.15) is 0 Å². The van der Waals surface area contributed by atoms with E-state index in [2.05, 4.69) is 0 Å². The third-order valence-corrected chi connectivity index (χ3v) is 3.27.